The molecule has 0 aliphatic heterocycles. The van der Waals surface area contributed by atoms with Crippen LogP contribution in [0, 0.1) is 0 Å². The Labute approximate surface area is 133 Å². The molecule has 3 aromatic rings. The summed E-state index contributed by atoms with van der Waals surface area (Å²) in [6.45, 7) is 0. The second kappa shape index (κ2) is 6.08. The Morgan fingerprint density at radius 2 is 2.23 bits per heavy atom. The highest BCUT2D eigenvalue weighted by Crippen LogP contribution is 2.12. The Kier molecular flexibility index (Phi) is 3.99. The number of amides is 1. The number of rotatable bonds is 3. The number of halogens is 1. The van der Waals surface area contributed by atoms with Gasteiger partial charge in [-0.05, 0) is 6.07 Å². The van der Waals surface area contributed by atoms with Crippen molar-refractivity contribution in [1.82, 2.24) is 14.8 Å². The third kappa shape index (κ3) is 2.90. The fourth-order valence-electron chi connectivity index (χ4n) is 1.82. The first kappa shape index (κ1) is 14.4. The van der Waals surface area contributed by atoms with E-state index in [2.05, 4.69) is 15.5 Å². The summed E-state index contributed by atoms with van der Waals surface area (Å²) in [5, 5.41) is 6.13. The molecule has 0 radical (unpaired) electrons. The molecule has 0 unspecified atom stereocenters. The van der Waals surface area contributed by atoms with Gasteiger partial charge in [0.2, 0.25) is 0 Å². The van der Waals surface area contributed by atoms with Crippen molar-refractivity contribution >= 4 is 40.0 Å². The minimum atomic E-state index is -0.504. The van der Waals surface area contributed by atoms with E-state index in [-0.39, 0.29) is 5.69 Å². The zero-order valence-corrected chi connectivity index (χ0v) is 12.6. The van der Waals surface area contributed by atoms with Crippen LogP contribution < -0.4 is 11.0 Å². The highest BCUT2D eigenvalue weighted by atomic mass is 35.5. The second-order valence-corrected chi connectivity index (χ2v) is 5.54. The van der Waals surface area contributed by atoms with Crippen LogP contribution in [0.4, 0.5) is 0 Å². The van der Waals surface area contributed by atoms with E-state index in [9.17, 15) is 9.59 Å². The maximum atomic E-state index is 12.1. The summed E-state index contributed by atoms with van der Waals surface area (Å²) in [7, 11) is 0. The number of carbonyl (C=O) groups excluding carboxylic acids is 1. The van der Waals surface area contributed by atoms with Crippen LogP contribution in [0.5, 0.6) is 0 Å². The van der Waals surface area contributed by atoms with E-state index < -0.39 is 11.5 Å². The largest absolute Gasteiger partial charge is 0.288 e. The lowest BCUT2D eigenvalue weighted by Crippen LogP contribution is -2.23. The van der Waals surface area contributed by atoms with Crippen LogP contribution in [-0.2, 0) is 0 Å². The van der Waals surface area contributed by atoms with E-state index in [4.69, 9.17) is 11.6 Å². The molecular formula is C14H9ClN4O2S. The first-order valence-corrected chi connectivity index (χ1v) is 7.46. The highest BCUT2D eigenvalue weighted by Gasteiger charge is 2.11. The SMILES string of the molecule is O=C(N/N=C/c1ccccc1Cl)c1cc(=O)nc2sccn12. The normalized spacial score (nSPS) is 11.1. The number of hydrogen-bond donors (Lipinski definition) is 1. The zero-order chi connectivity index (χ0) is 15.5. The van der Waals surface area contributed by atoms with E-state index in [0.29, 0.717) is 15.5 Å². The van der Waals surface area contributed by atoms with Gasteiger partial charge >= 0.3 is 0 Å². The van der Waals surface area contributed by atoms with Crippen molar-refractivity contribution in [2.45, 2.75) is 0 Å². The molecule has 1 aromatic carbocycles. The molecular weight excluding hydrogens is 324 g/mol. The number of fused-ring (bicyclic) bond motifs is 1. The predicted octanol–water partition coefficient (Wildman–Crippen LogP) is 2.17. The lowest BCUT2D eigenvalue weighted by Gasteiger charge is -2.02. The maximum Gasteiger partial charge on any atom is 0.288 e. The van der Waals surface area contributed by atoms with Crippen LogP contribution in [0.1, 0.15) is 16.1 Å². The molecule has 0 atom stereocenters. The number of thiazole rings is 1. The van der Waals surface area contributed by atoms with Gasteiger partial charge in [-0.1, -0.05) is 29.8 Å². The molecule has 0 saturated carbocycles. The van der Waals surface area contributed by atoms with Crippen LogP contribution in [0.3, 0.4) is 0 Å². The molecule has 0 bridgehead atoms. The van der Waals surface area contributed by atoms with Crippen molar-refractivity contribution in [2.75, 3.05) is 0 Å². The summed E-state index contributed by atoms with van der Waals surface area (Å²) in [4.78, 5) is 27.9. The van der Waals surface area contributed by atoms with Gasteiger partial charge in [0.25, 0.3) is 11.5 Å². The summed E-state index contributed by atoms with van der Waals surface area (Å²) in [6, 6.07) is 8.27. The lowest BCUT2D eigenvalue weighted by atomic mass is 10.2. The third-order valence-electron chi connectivity index (χ3n) is 2.82. The van der Waals surface area contributed by atoms with Crippen molar-refractivity contribution < 1.29 is 4.79 Å². The standard InChI is InChI=1S/C14H9ClN4O2S/c15-10-4-2-1-3-9(10)8-16-18-13(21)11-7-12(20)17-14-19(11)5-6-22-14/h1-8H,(H,18,21)/b16-8+. The molecule has 0 spiro atoms. The smallest absolute Gasteiger partial charge is 0.287 e. The van der Waals surface area contributed by atoms with Gasteiger partial charge in [-0.3, -0.25) is 14.0 Å². The van der Waals surface area contributed by atoms with E-state index in [1.54, 1.807) is 29.8 Å². The molecule has 0 saturated heterocycles. The average Bonchev–Trinajstić information content (AvgIpc) is 2.96. The van der Waals surface area contributed by atoms with Gasteiger partial charge in [0.1, 0.15) is 5.69 Å². The Balaban J connectivity index is 1.84. The first-order chi connectivity index (χ1) is 10.6. The molecule has 0 aliphatic rings. The van der Waals surface area contributed by atoms with Gasteiger partial charge in [0.15, 0.2) is 4.96 Å². The number of nitrogens with zero attached hydrogens (tertiary/aromatic N) is 3. The van der Waals surface area contributed by atoms with E-state index in [1.165, 1.54) is 28.0 Å². The van der Waals surface area contributed by atoms with Crippen LogP contribution >= 0.6 is 22.9 Å². The molecule has 1 N–H and O–H groups in total. The number of aromatic nitrogens is 2. The van der Waals surface area contributed by atoms with Crippen LogP contribution in [0.15, 0.2) is 51.8 Å². The Bertz CT molecular complexity index is 932. The number of nitrogens with one attached hydrogen (secondary N) is 1. The van der Waals surface area contributed by atoms with E-state index in [1.807, 2.05) is 6.07 Å². The Morgan fingerprint density at radius 1 is 1.41 bits per heavy atom. The first-order valence-electron chi connectivity index (χ1n) is 6.20. The molecule has 8 heteroatoms. The van der Waals surface area contributed by atoms with E-state index in [0.717, 1.165) is 0 Å². The van der Waals surface area contributed by atoms with Crippen molar-refractivity contribution in [2.24, 2.45) is 5.10 Å². The molecule has 1 amide bonds. The second-order valence-electron chi connectivity index (χ2n) is 4.26. The third-order valence-corrected chi connectivity index (χ3v) is 3.92. The van der Waals surface area contributed by atoms with Crippen molar-refractivity contribution in [3.8, 4) is 0 Å². The van der Waals surface area contributed by atoms with Gasteiger partial charge in [-0.2, -0.15) is 10.1 Å². The summed E-state index contributed by atoms with van der Waals surface area (Å²) >= 11 is 7.26. The maximum absolute atomic E-state index is 12.1. The lowest BCUT2D eigenvalue weighted by molar-refractivity contribution is 0.0948. The topological polar surface area (TPSA) is 75.8 Å². The van der Waals surface area contributed by atoms with Crippen LogP contribution in [-0.4, -0.2) is 21.5 Å². The fraction of sp³-hybridized carbons (Fsp3) is 0. The highest BCUT2D eigenvalue weighted by molar-refractivity contribution is 7.15. The average molecular weight is 333 g/mol. The fourth-order valence-corrected chi connectivity index (χ4v) is 2.73. The van der Waals surface area contributed by atoms with Crippen molar-refractivity contribution in [3.63, 3.8) is 0 Å². The molecule has 3 rings (SSSR count). The predicted molar refractivity (Wildman–Crippen MR) is 85.9 cm³/mol. The van der Waals surface area contributed by atoms with Gasteiger partial charge in [-0.15, -0.1) is 11.3 Å². The molecule has 6 nitrogen and oxygen atoms in total. The molecule has 22 heavy (non-hydrogen) atoms. The zero-order valence-electron chi connectivity index (χ0n) is 11.1. The van der Waals surface area contributed by atoms with E-state index >= 15 is 0 Å². The van der Waals surface area contributed by atoms with Gasteiger partial charge in [0.05, 0.1) is 6.21 Å². The molecule has 0 aliphatic carbocycles. The summed E-state index contributed by atoms with van der Waals surface area (Å²) in [5.41, 5.74) is 2.75. The Morgan fingerprint density at radius 3 is 3.05 bits per heavy atom. The number of carbonyl (C=O) groups is 1. The molecule has 110 valence electrons. The van der Waals surface area contributed by atoms with Gasteiger partial charge in [-0.25, -0.2) is 5.43 Å². The van der Waals surface area contributed by atoms with Crippen LogP contribution in [0.25, 0.3) is 4.96 Å². The molecule has 0 fully saturated rings. The summed E-state index contributed by atoms with van der Waals surface area (Å²) in [6.07, 6.45) is 3.11. The molecule has 2 heterocycles. The van der Waals surface area contributed by atoms with Crippen molar-refractivity contribution in [1.29, 1.82) is 0 Å². The minimum absolute atomic E-state index is 0.174. The van der Waals surface area contributed by atoms with Gasteiger partial charge in [0, 0.05) is 28.2 Å². The summed E-state index contributed by atoms with van der Waals surface area (Å²) < 4.78 is 1.53. The number of benzene rings is 1. The number of hydrazone groups is 1. The Hall–Kier alpha value is -2.51. The summed E-state index contributed by atoms with van der Waals surface area (Å²) in [5.74, 6) is -0.504. The monoisotopic (exact) mass is 332 g/mol. The quantitative estimate of drug-likeness (QED) is 0.590. The minimum Gasteiger partial charge on any atom is -0.287 e. The molecule has 2 aromatic heterocycles. The van der Waals surface area contributed by atoms with Gasteiger partial charge < -0.3 is 0 Å². The number of hydrogen-bond acceptors (Lipinski definition) is 5. The van der Waals surface area contributed by atoms with Crippen molar-refractivity contribution in [3.05, 3.63) is 68.5 Å². The van der Waals surface area contributed by atoms with Crippen LogP contribution in [0.2, 0.25) is 5.02 Å².